The van der Waals surface area contributed by atoms with Gasteiger partial charge in [0.1, 0.15) is 5.82 Å². The van der Waals surface area contributed by atoms with E-state index in [0.29, 0.717) is 0 Å². The highest BCUT2D eigenvalue weighted by Gasteiger charge is 2.32. The van der Waals surface area contributed by atoms with Crippen molar-refractivity contribution in [3.8, 4) is 0 Å². The monoisotopic (exact) mass is 217 g/mol. The van der Waals surface area contributed by atoms with Gasteiger partial charge in [-0.2, -0.15) is 0 Å². The Morgan fingerprint density at radius 3 is 3.12 bits per heavy atom. The molecular weight excluding hydrogens is 198 g/mol. The normalized spacial score (nSPS) is 29.2. The topological polar surface area (TPSA) is 28.2 Å². The zero-order valence-corrected chi connectivity index (χ0v) is 9.82. The molecule has 0 aromatic carbocycles. The minimum atomic E-state index is 0.830. The first-order chi connectivity index (χ1) is 7.83. The van der Waals surface area contributed by atoms with E-state index in [-0.39, 0.29) is 0 Å². The summed E-state index contributed by atoms with van der Waals surface area (Å²) in [5.41, 5.74) is 1.30. The molecule has 0 spiro atoms. The van der Waals surface area contributed by atoms with Crippen molar-refractivity contribution in [3.05, 3.63) is 23.9 Å². The Hall–Kier alpha value is -1.09. The van der Waals surface area contributed by atoms with Gasteiger partial charge in [-0.25, -0.2) is 4.98 Å². The summed E-state index contributed by atoms with van der Waals surface area (Å²) in [6.45, 7) is 6.88. The van der Waals surface area contributed by atoms with Crippen LogP contribution in [-0.4, -0.2) is 31.2 Å². The molecule has 0 radical (unpaired) electrons. The third-order valence-corrected chi connectivity index (χ3v) is 3.93. The quantitative estimate of drug-likeness (QED) is 0.771. The third-order valence-electron chi connectivity index (χ3n) is 3.93. The maximum atomic E-state index is 4.48. The molecule has 1 aromatic rings. The number of piperidine rings is 1. The van der Waals surface area contributed by atoms with Gasteiger partial charge in [0.05, 0.1) is 0 Å². The zero-order valence-electron chi connectivity index (χ0n) is 9.82. The molecule has 2 fully saturated rings. The van der Waals surface area contributed by atoms with Crippen molar-refractivity contribution in [2.75, 3.05) is 31.1 Å². The predicted molar refractivity (Wildman–Crippen MR) is 65.7 cm³/mol. The molecule has 3 nitrogen and oxygen atoms in total. The summed E-state index contributed by atoms with van der Waals surface area (Å²) in [7, 11) is 0. The van der Waals surface area contributed by atoms with Crippen LogP contribution < -0.4 is 10.2 Å². The van der Waals surface area contributed by atoms with E-state index in [9.17, 15) is 0 Å². The number of aromatic nitrogens is 1. The first-order valence-electron chi connectivity index (χ1n) is 6.21. The molecule has 2 aliphatic heterocycles. The van der Waals surface area contributed by atoms with Crippen LogP contribution in [-0.2, 0) is 0 Å². The van der Waals surface area contributed by atoms with Crippen LogP contribution in [0.15, 0.2) is 18.3 Å². The highest BCUT2D eigenvalue weighted by atomic mass is 15.2. The van der Waals surface area contributed by atoms with E-state index in [1.54, 1.807) is 0 Å². The van der Waals surface area contributed by atoms with Crippen LogP contribution in [0.4, 0.5) is 5.82 Å². The van der Waals surface area contributed by atoms with Gasteiger partial charge < -0.3 is 10.2 Å². The fourth-order valence-electron chi connectivity index (χ4n) is 2.94. The van der Waals surface area contributed by atoms with Crippen molar-refractivity contribution in [1.29, 1.82) is 0 Å². The maximum Gasteiger partial charge on any atom is 0.128 e. The van der Waals surface area contributed by atoms with Gasteiger partial charge in [0.25, 0.3) is 0 Å². The molecule has 0 aliphatic carbocycles. The molecule has 16 heavy (non-hydrogen) atoms. The second-order valence-electron chi connectivity index (χ2n) is 5.10. The van der Waals surface area contributed by atoms with Crippen LogP contribution in [0.5, 0.6) is 0 Å². The molecule has 86 valence electrons. The van der Waals surface area contributed by atoms with Crippen LogP contribution in [0, 0.1) is 18.8 Å². The molecule has 0 amide bonds. The molecule has 3 rings (SSSR count). The highest BCUT2D eigenvalue weighted by Crippen LogP contribution is 2.28. The second-order valence-corrected chi connectivity index (χ2v) is 5.10. The average Bonchev–Trinajstić information content (AvgIpc) is 2.75. The van der Waals surface area contributed by atoms with Crippen molar-refractivity contribution in [3.63, 3.8) is 0 Å². The van der Waals surface area contributed by atoms with E-state index in [0.717, 1.165) is 17.7 Å². The Balaban J connectivity index is 1.76. The molecule has 2 atom stereocenters. The van der Waals surface area contributed by atoms with Crippen LogP contribution in [0.1, 0.15) is 12.0 Å². The number of hydrogen-bond donors (Lipinski definition) is 1. The van der Waals surface area contributed by atoms with Crippen LogP contribution in [0.2, 0.25) is 0 Å². The summed E-state index contributed by atoms with van der Waals surface area (Å²) in [4.78, 5) is 6.93. The summed E-state index contributed by atoms with van der Waals surface area (Å²) in [6.07, 6.45) is 3.23. The van der Waals surface area contributed by atoms with Crippen LogP contribution in [0.25, 0.3) is 0 Å². The molecule has 0 saturated carbocycles. The zero-order chi connectivity index (χ0) is 11.0. The smallest absolute Gasteiger partial charge is 0.128 e. The van der Waals surface area contributed by atoms with Crippen LogP contribution >= 0.6 is 0 Å². The Kier molecular flexibility index (Phi) is 2.56. The summed E-state index contributed by atoms with van der Waals surface area (Å²) in [5, 5.41) is 3.50. The average molecular weight is 217 g/mol. The van der Waals surface area contributed by atoms with E-state index >= 15 is 0 Å². The number of fused-ring (bicyclic) bond motifs is 1. The van der Waals surface area contributed by atoms with E-state index in [1.165, 1.54) is 38.2 Å². The van der Waals surface area contributed by atoms with Crippen molar-refractivity contribution in [2.24, 2.45) is 11.8 Å². The van der Waals surface area contributed by atoms with Gasteiger partial charge in [-0.05, 0) is 56.0 Å². The lowest BCUT2D eigenvalue weighted by Crippen LogP contribution is -2.40. The molecule has 0 bridgehead atoms. The van der Waals surface area contributed by atoms with Gasteiger partial charge >= 0.3 is 0 Å². The Labute approximate surface area is 96.9 Å². The van der Waals surface area contributed by atoms with Crippen molar-refractivity contribution >= 4 is 5.82 Å². The minimum Gasteiger partial charge on any atom is -0.356 e. The Morgan fingerprint density at radius 1 is 1.38 bits per heavy atom. The van der Waals surface area contributed by atoms with Gasteiger partial charge in [-0.15, -0.1) is 0 Å². The molecule has 2 saturated heterocycles. The number of nitrogens with zero attached hydrogens (tertiary/aromatic N) is 2. The number of anilines is 1. The van der Waals surface area contributed by atoms with Gasteiger partial charge in [0.2, 0.25) is 0 Å². The van der Waals surface area contributed by atoms with Gasteiger partial charge in [0.15, 0.2) is 0 Å². The molecule has 1 N–H and O–H groups in total. The summed E-state index contributed by atoms with van der Waals surface area (Å²) < 4.78 is 0. The first-order valence-corrected chi connectivity index (χ1v) is 6.21. The summed E-state index contributed by atoms with van der Waals surface area (Å²) >= 11 is 0. The SMILES string of the molecule is Cc1ccnc(N2CCC3CNCC3C2)c1. The summed E-state index contributed by atoms with van der Waals surface area (Å²) in [5.74, 6) is 2.89. The van der Waals surface area contributed by atoms with E-state index in [4.69, 9.17) is 0 Å². The minimum absolute atomic E-state index is 0.830. The molecule has 1 aromatic heterocycles. The number of nitrogens with one attached hydrogen (secondary N) is 1. The van der Waals surface area contributed by atoms with Crippen molar-refractivity contribution < 1.29 is 0 Å². The second kappa shape index (κ2) is 4.06. The Morgan fingerprint density at radius 2 is 2.25 bits per heavy atom. The highest BCUT2D eigenvalue weighted by molar-refractivity contribution is 5.41. The number of rotatable bonds is 1. The van der Waals surface area contributed by atoms with E-state index < -0.39 is 0 Å². The summed E-state index contributed by atoms with van der Waals surface area (Å²) in [6, 6.07) is 4.26. The van der Waals surface area contributed by atoms with Gasteiger partial charge in [-0.3, -0.25) is 0 Å². The Bertz CT molecular complexity index is 377. The predicted octanol–water partition coefficient (Wildman–Crippen LogP) is 1.44. The van der Waals surface area contributed by atoms with Crippen molar-refractivity contribution in [1.82, 2.24) is 10.3 Å². The van der Waals surface area contributed by atoms with E-state index in [1.807, 2.05) is 6.20 Å². The molecular formula is C13H19N3. The largest absolute Gasteiger partial charge is 0.356 e. The standard InChI is InChI=1S/C13H19N3/c1-10-2-4-15-13(6-10)16-5-3-11-7-14-8-12(11)9-16/h2,4,6,11-12,14H,3,5,7-9H2,1H3. The third kappa shape index (κ3) is 1.80. The number of pyridine rings is 1. The first kappa shape index (κ1) is 10.1. The fraction of sp³-hybridized carbons (Fsp3) is 0.615. The lowest BCUT2D eigenvalue weighted by Gasteiger charge is -2.35. The lowest BCUT2D eigenvalue weighted by atomic mass is 9.89. The molecule has 3 heterocycles. The van der Waals surface area contributed by atoms with Gasteiger partial charge in [0, 0.05) is 19.3 Å². The van der Waals surface area contributed by atoms with E-state index in [2.05, 4.69) is 34.3 Å². The van der Waals surface area contributed by atoms with Crippen LogP contribution in [0.3, 0.4) is 0 Å². The molecule has 2 unspecified atom stereocenters. The fourth-order valence-corrected chi connectivity index (χ4v) is 2.94. The number of aryl methyl sites for hydroxylation is 1. The number of hydrogen-bond acceptors (Lipinski definition) is 3. The van der Waals surface area contributed by atoms with Gasteiger partial charge in [-0.1, -0.05) is 0 Å². The molecule has 3 heteroatoms. The lowest BCUT2D eigenvalue weighted by molar-refractivity contribution is 0.347. The maximum absolute atomic E-state index is 4.48. The van der Waals surface area contributed by atoms with Crippen molar-refractivity contribution in [2.45, 2.75) is 13.3 Å². The molecule has 2 aliphatic rings.